The highest BCUT2D eigenvalue weighted by Gasteiger charge is 2.06. The van der Waals surface area contributed by atoms with Crippen LogP contribution in [0.1, 0.15) is 11.3 Å². The van der Waals surface area contributed by atoms with Crippen molar-refractivity contribution < 1.29 is 5.11 Å². The fourth-order valence-corrected chi connectivity index (χ4v) is 2.50. The second kappa shape index (κ2) is 7.89. The average Bonchev–Trinajstić information content (AvgIpc) is 3.11. The first kappa shape index (κ1) is 16.4. The van der Waals surface area contributed by atoms with E-state index in [9.17, 15) is 5.11 Å². The second-order valence-electron chi connectivity index (χ2n) is 5.11. The molecule has 0 unspecified atom stereocenters. The van der Waals surface area contributed by atoms with Gasteiger partial charge in [0.1, 0.15) is 5.82 Å². The summed E-state index contributed by atoms with van der Waals surface area (Å²) >= 11 is 3.45. The summed E-state index contributed by atoms with van der Waals surface area (Å²) in [4.78, 5) is 15.9. The van der Waals surface area contributed by atoms with Crippen molar-refractivity contribution in [3.05, 3.63) is 58.7 Å². The Kier molecular flexibility index (Phi) is 5.39. The summed E-state index contributed by atoms with van der Waals surface area (Å²) in [6.07, 6.45) is 6.03. The summed E-state index contributed by atoms with van der Waals surface area (Å²) in [7, 11) is 0. The molecule has 2 heterocycles. The summed E-state index contributed by atoms with van der Waals surface area (Å²) in [6, 6.07) is 7.48. The largest absolute Gasteiger partial charge is 0.392 e. The molecule has 0 radical (unpaired) electrons. The number of aromatic amines is 1. The van der Waals surface area contributed by atoms with Crippen LogP contribution in [0.2, 0.25) is 0 Å². The number of rotatable bonds is 7. The molecule has 0 saturated carbocycles. The molecule has 124 valence electrons. The van der Waals surface area contributed by atoms with Crippen LogP contribution in [0, 0.1) is 0 Å². The number of aliphatic hydroxyl groups excluding tert-OH is 1. The third kappa shape index (κ3) is 4.30. The zero-order chi connectivity index (χ0) is 16.8. The molecule has 0 saturated heterocycles. The number of halogens is 1. The summed E-state index contributed by atoms with van der Waals surface area (Å²) in [5, 5.41) is 15.6. The molecule has 0 aliphatic heterocycles. The van der Waals surface area contributed by atoms with E-state index in [1.807, 2.05) is 30.5 Å². The van der Waals surface area contributed by atoms with Crippen molar-refractivity contribution in [2.75, 3.05) is 17.2 Å². The molecule has 8 heteroatoms. The third-order valence-corrected chi connectivity index (χ3v) is 3.92. The number of hydrogen-bond donors (Lipinski definition) is 4. The van der Waals surface area contributed by atoms with Gasteiger partial charge in [-0.25, -0.2) is 9.97 Å². The van der Waals surface area contributed by atoms with E-state index in [2.05, 4.69) is 46.5 Å². The van der Waals surface area contributed by atoms with Crippen molar-refractivity contribution in [1.82, 2.24) is 19.9 Å². The molecule has 1 aromatic carbocycles. The molecule has 3 aromatic rings. The van der Waals surface area contributed by atoms with Crippen molar-refractivity contribution >= 4 is 33.4 Å². The lowest BCUT2D eigenvalue weighted by atomic mass is 10.2. The molecular weight excluding hydrogens is 372 g/mol. The number of H-pyrrole nitrogens is 1. The van der Waals surface area contributed by atoms with Gasteiger partial charge in [-0.1, -0.05) is 12.1 Å². The average molecular weight is 389 g/mol. The van der Waals surface area contributed by atoms with Crippen LogP contribution in [0.15, 0.2) is 47.5 Å². The Labute approximate surface area is 147 Å². The smallest absolute Gasteiger partial charge is 0.229 e. The maximum Gasteiger partial charge on any atom is 0.229 e. The Hall–Kier alpha value is -2.45. The molecule has 0 aliphatic carbocycles. The lowest BCUT2D eigenvalue weighted by Crippen LogP contribution is -2.09. The highest BCUT2D eigenvalue weighted by atomic mass is 79.9. The number of anilines is 3. The van der Waals surface area contributed by atoms with Gasteiger partial charge in [-0.15, -0.1) is 0 Å². The summed E-state index contributed by atoms with van der Waals surface area (Å²) in [6.45, 7) is 0.705. The second-order valence-corrected chi connectivity index (χ2v) is 5.97. The number of hydrogen-bond acceptors (Lipinski definition) is 6. The van der Waals surface area contributed by atoms with Crippen LogP contribution >= 0.6 is 15.9 Å². The van der Waals surface area contributed by atoms with Crippen LogP contribution < -0.4 is 10.6 Å². The molecule has 0 bridgehead atoms. The molecule has 0 atom stereocenters. The first-order valence-electron chi connectivity index (χ1n) is 7.45. The van der Waals surface area contributed by atoms with Gasteiger partial charge in [-0.2, -0.15) is 4.98 Å². The Morgan fingerprint density at radius 1 is 1.25 bits per heavy atom. The number of benzene rings is 1. The summed E-state index contributed by atoms with van der Waals surface area (Å²) < 4.78 is 0.791. The predicted octanol–water partition coefficient (Wildman–Crippen LogP) is 2.85. The minimum absolute atomic E-state index is 0.00326. The van der Waals surface area contributed by atoms with Crippen molar-refractivity contribution in [2.24, 2.45) is 0 Å². The van der Waals surface area contributed by atoms with Crippen LogP contribution in [0.4, 0.5) is 17.5 Å². The van der Waals surface area contributed by atoms with Gasteiger partial charge in [0, 0.05) is 31.0 Å². The molecular formula is C16H17BrN6O. The van der Waals surface area contributed by atoms with Crippen LogP contribution in [0.3, 0.4) is 0 Å². The van der Waals surface area contributed by atoms with E-state index < -0.39 is 0 Å². The van der Waals surface area contributed by atoms with Gasteiger partial charge in [0.05, 0.1) is 23.1 Å². The van der Waals surface area contributed by atoms with Crippen LogP contribution in [0.25, 0.3) is 0 Å². The molecule has 0 amide bonds. The predicted molar refractivity (Wildman–Crippen MR) is 96.2 cm³/mol. The highest BCUT2D eigenvalue weighted by Crippen LogP contribution is 2.22. The number of nitrogens with one attached hydrogen (secondary N) is 3. The minimum Gasteiger partial charge on any atom is -0.392 e. The van der Waals surface area contributed by atoms with Gasteiger partial charge in [-0.3, -0.25) is 0 Å². The monoisotopic (exact) mass is 388 g/mol. The number of imidazole rings is 1. The molecule has 3 rings (SSSR count). The maximum absolute atomic E-state index is 9.20. The van der Waals surface area contributed by atoms with Crippen LogP contribution in [0.5, 0.6) is 0 Å². The van der Waals surface area contributed by atoms with Crippen molar-refractivity contribution in [1.29, 1.82) is 0 Å². The van der Waals surface area contributed by atoms with E-state index in [1.54, 1.807) is 12.5 Å². The lowest BCUT2D eigenvalue weighted by molar-refractivity contribution is 0.282. The van der Waals surface area contributed by atoms with Gasteiger partial charge in [0.25, 0.3) is 0 Å². The first-order chi connectivity index (χ1) is 11.7. The van der Waals surface area contributed by atoms with Gasteiger partial charge in [0.2, 0.25) is 5.95 Å². The quantitative estimate of drug-likeness (QED) is 0.496. The maximum atomic E-state index is 9.20. The summed E-state index contributed by atoms with van der Waals surface area (Å²) in [5.41, 5.74) is 2.65. The zero-order valence-electron chi connectivity index (χ0n) is 12.8. The standard InChI is InChI=1S/C16H17BrN6O/c17-14-8-20-16(22-12-3-1-2-11(6-12)9-24)23-15(14)19-5-4-13-7-18-10-21-13/h1-3,6-8,10,24H,4-5,9H2,(H,18,21)(H2,19,20,22,23). The van der Waals surface area contributed by atoms with Gasteiger partial charge in [-0.05, 0) is 33.6 Å². The molecule has 0 aliphatic rings. The minimum atomic E-state index is -0.00326. The first-order valence-corrected chi connectivity index (χ1v) is 8.25. The Bertz CT molecular complexity index is 793. The van der Waals surface area contributed by atoms with E-state index in [0.717, 1.165) is 27.8 Å². The Balaban J connectivity index is 1.66. The molecule has 0 fully saturated rings. The number of nitrogens with zero attached hydrogens (tertiary/aromatic N) is 3. The molecule has 2 aromatic heterocycles. The van der Waals surface area contributed by atoms with Crippen molar-refractivity contribution in [3.8, 4) is 0 Å². The van der Waals surface area contributed by atoms with Crippen molar-refractivity contribution in [3.63, 3.8) is 0 Å². The Morgan fingerprint density at radius 2 is 2.17 bits per heavy atom. The van der Waals surface area contributed by atoms with E-state index in [4.69, 9.17) is 0 Å². The molecule has 0 spiro atoms. The number of aromatic nitrogens is 4. The molecule has 24 heavy (non-hydrogen) atoms. The number of aliphatic hydroxyl groups is 1. The summed E-state index contributed by atoms with van der Waals surface area (Å²) in [5.74, 6) is 1.19. The van der Waals surface area contributed by atoms with Crippen LogP contribution in [-0.4, -0.2) is 31.6 Å². The SMILES string of the molecule is OCc1cccc(Nc2ncc(Br)c(NCCc3c[nH]cn3)n2)c1. The van der Waals surface area contributed by atoms with Crippen LogP contribution in [-0.2, 0) is 13.0 Å². The van der Waals surface area contributed by atoms with E-state index in [0.29, 0.717) is 18.3 Å². The molecule has 4 N–H and O–H groups in total. The third-order valence-electron chi connectivity index (χ3n) is 3.34. The highest BCUT2D eigenvalue weighted by molar-refractivity contribution is 9.10. The topological polar surface area (TPSA) is 98.8 Å². The fraction of sp³-hybridized carbons (Fsp3) is 0.188. The van der Waals surface area contributed by atoms with E-state index >= 15 is 0 Å². The van der Waals surface area contributed by atoms with Gasteiger partial charge >= 0.3 is 0 Å². The van der Waals surface area contributed by atoms with E-state index in [-0.39, 0.29) is 6.61 Å². The fourth-order valence-electron chi connectivity index (χ4n) is 2.16. The lowest BCUT2D eigenvalue weighted by Gasteiger charge is -2.10. The normalized spacial score (nSPS) is 10.6. The zero-order valence-corrected chi connectivity index (χ0v) is 14.4. The van der Waals surface area contributed by atoms with Gasteiger partial charge < -0.3 is 20.7 Å². The van der Waals surface area contributed by atoms with Crippen molar-refractivity contribution in [2.45, 2.75) is 13.0 Å². The molecule has 7 nitrogen and oxygen atoms in total. The Morgan fingerprint density at radius 3 is 2.96 bits per heavy atom. The van der Waals surface area contributed by atoms with E-state index in [1.165, 1.54) is 0 Å². The van der Waals surface area contributed by atoms with Gasteiger partial charge in [0.15, 0.2) is 0 Å².